The average Bonchev–Trinajstić information content (AvgIpc) is 3.56. The number of hydrogen-bond donors (Lipinski definition) is 1. The van der Waals surface area contributed by atoms with Gasteiger partial charge in [-0.1, -0.05) is 30.3 Å². The van der Waals surface area contributed by atoms with Crippen molar-refractivity contribution >= 4 is 34.2 Å². The molecule has 0 fully saturated rings. The fourth-order valence-electron chi connectivity index (χ4n) is 3.83. The maximum Gasteiger partial charge on any atom is 0.249 e. The van der Waals surface area contributed by atoms with Crippen molar-refractivity contribution in [1.29, 1.82) is 0 Å². The van der Waals surface area contributed by atoms with Crippen LogP contribution in [0.4, 0.5) is 0 Å². The molecule has 0 aliphatic rings. The Morgan fingerprint density at radius 3 is 2.62 bits per heavy atom. The second kappa shape index (κ2) is 9.80. The summed E-state index contributed by atoms with van der Waals surface area (Å²) in [6.07, 6.45) is 2.65. The standard InChI is InChI=1S/C25H30N6O2S/c1-5-25(2,3)26-24(33)23(21-13-8-14-29(21)4)30(16-18-10-9-15-34-18)22(32)17-31-20-12-7-6-11-19(20)27-28-31/h6-15,23H,5,16-17H2,1-4H3,(H,26,33). The van der Waals surface area contributed by atoms with Gasteiger partial charge in [0.1, 0.15) is 12.1 Å². The number of aryl methyl sites for hydroxylation is 1. The lowest BCUT2D eigenvalue weighted by atomic mass is 10.0. The van der Waals surface area contributed by atoms with Crippen LogP contribution in [0, 0.1) is 0 Å². The van der Waals surface area contributed by atoms with Crippen molar-refractivity contribution in [3.63, 3.8) is 0 Å². The van der Waals surface area contributed by atoms with Crippen molar-refractivity contribution in [2.75, 3.05) is 0 Å². The molecule has 3 heterocycles. The quantitative estimate of drug-likeness (QED) is 0.395. The number of carbonyl (C=O) groups is 2. The first-order chi connectivity index (χ1) is 16.3. The number of para-hydroxylation sites is 1. The Kier molecular flexibility index (Phi) is 6.83. The van der Waals surface area contributed by atoms with Crippen LogP contribution in [0.3, 0.4) is 0 Å². The van der Waals surface area contributed by atoms with E-state index in [0.717, 1.165) is 28.0 Å². The van der Waals surface area contributed by atoms with Gasteiger partial charge in [0, 0.05) is 29.4 Å². The molecule has 178 valence electrons. The third kappa shape index (κ3) is 5.04. The number of carbonyl (C=O) groups excluding carboxylic acids is 2. The fraction of sp³-hybridized carbons (Fsp3) is 0.360. The lowest BCUT2D eigenvalue weighted by Gasteiger charge is -2.34. The Morgan fingerprint density at radius 2 is 1.94 bits per heavy atom. The minimum atomic E-state index is -0.796. The summed E-state index contributed by atoms with van der Waals surface area (Å²) in [5.41, 5.74) is 1.85. The number of thiophene rings is 1. The van der Waals surface area contributed by atoms with Gasteiger partial charge in [0.15, 0.2) is 6.04 Å². The van der Waals surface area contributed by atoms with Crippen molar-refractivity contribution in [2.24, 2.45) is 7.05 Å². The molecule has 2 amide bonds. The summed E-state index contributed by atoms with van der Waals surface area (Å²) in [6, 6.07) is 14.4. The molecule has 0 aliphatic heterocycles. The summed E-state index contributed by atoms with van der Waals surface area (Å²) in [7, 11) is 1.89. The van der Waals surface area contributed by atoms with Gasteiger partial charge >= 0.3 is 0 Å². The Labute approximate surface area is 203 Å². The highest BCUT2D eigenvalue weighted by atomic mass is 32.1. The molecule has 4 aromatic rings. The van der Waals surface area contributed by atoms with Gasteiger partial charge in [0.2, 0.25) is 11.8 Å². The van der Waals surface area contributed by atoms with Crippen LogP contribution < -0.4 is 5.32 Å². The van der Waals surface area contributed by atoms with E-state index in [2.05, 4.69) is 15.6 Å². The van der Waals surface area contributed by atoms with E-state index < -0.39 is 11.6 Å². The molecule has 34 heavy (non-hydrogen) atoms. The molecule has 4 rings (SSSR count). The van der Waals surface area contributed by atoms with Gasteiger partial charge in [-0.2, -0.15) is 0 Å². The van der Waals surface area contributed by atoms with E-state index in [-0.39, 0.29) is 18.4 Å². The third-order valence-electron chi connectivity index (χ3n) is 6.10. The highest BCUT2D eigenvalue weighted by molar-refractivity contribution is 7.09. The molecule has 3 aromatic heterocycles. The first-order valence-electron chi connectivity index (χ1n) is 11.3. The van der Waals surface area contributed by atoms with Crippen LogP contribution in [0.1, 0.15) is 43.8 Å². The van der Waals surface area contributed by atoms with E-state index in [1.165, 1.54) is 0 Å². The highest BCUT2D eigenvalue weighted by Crippen LogP contribution is 2.27. The van der Waals surface area contributed by atoms with E-state index in [4.69, 9.17) is 0 Å². The van der Waals surface area contributed by atoms with Crippen molar-refractivity contribution in [3.05, 3.63) is 70.7 Å². The van der Waals surface area contributed by atoms with Crippen LogP contribution >= 0.6 is 11.3 Å². The summed E-state index contributed by atoms with van der Waals surface area (Å²) in [6.45, 7) is 6.30. The van der Waals surface area contributed by atoms with Crippen LogP contribution in [0.25, 0.3) is 11.0 Å². The predicted octanol–water partition coefficient (Wildman–Crippen LogP) is 3.91. The van der Waals surface area contributed by atoms with Crippen molar-refractivity contribution in [1.82, 2.24) is 29.8 Å². The lowest BCUT2D eigenvalue weighted by molar-refractivity contribution is -0.143. The molecule has 0 saturated carbocycles. The van der Waals surface area contributed by atoms with Gasteiger partial charge in [-0.05, 0) is 56.0 Å². The largest absolute Gasteiger partial charge is 0.352 e. The predicted molar refractivity (Wildman–Crippen MR) is 133 cm³/mol. The monoisotopic (exact) mass is 478 g/mol. The first-order valence-corrected chi connectivity index (χ1v) is 12.2. The molecule has 1 aromatic carbocycles. The molecule has 1 unspecified atom stereocenters. The van der Waals surface area contributed by atoms with Gasteiger partial charge in [-0.25, -0.2) is 4.68 Å². The van der Waals surface area contributed by atoms with Crippen LogP contribution in [0.15, 0.2) is 60.1 Å². The Balaban J connectivity index is 1.73. The Bertz CT molecular complexity index is 1270. The van der Waals surface area contributed by atoms with Gasteiger partial charge in [0.05, 0.1) is 12.1 Å². The number of nitrogens with zero attached hydrogens (tertiary/aromatic N) is 5. The second-order valence-electron chi connectivity index (χ2n) is 9.01. The third-order valence-corrected chi connectivity index (χ3v) is 6.96. The van der Waals surface area contributed by atoms with Gasteiger partial charge < -0.3 is 14.8 Å². The van der Waals surface area contributed by atoms with Gasteiger partial charge in [-0.3, -0.25) is 9.59 Å². The smallest absolute Gasteiger partial charge is 0.249 e. The molecule has 0 spiro atoms. The lowest BCUT2D eigenvalue weighted by Crippen LogP contribution is -2.51. The van der Waals surface area contributed by atoms with Crippen molar-refractivity contribution in [3.8, 4) is 0 Å². The van der Waals surface area contributed by atoms with Crippen molar-refractivity contribution in [2.45, 2.75) is 51.9 Å². The maximum atomic E-state index is 13.8. The summed E-state index contributed by atoms with van der Waals surface area (Å²) >= 11 is 1.56. The Morgan fingerprint density at radius 1 is 1.15 bits per heavy atom. The molecule has 0 saturated heterocycles. The molecular weight excluding hydrogens is 448 g/mol. The molecule has 0 aliphatic carbocycles. The molecule has 8 nitrogen and oxygen atoms in total. The topological polar surface area (TPSA) is 85.0 Å². The molecule has 0 radical (unpaired) electrons. The number of nitrogens with one attached hydrogen (secondary N) is 1. The zero-order valence-electron chi connectivity index (χ0n) is 19.9. The number of hydrogen-bond acceptors (Lipinski definition) is 5. The maximum absolute atomic E-state index is 13.8. The molecular formula is C25H30N6O2S. The van der Waals surface area contributed by atoms with E-state index >= 15 is 0 Å². The number of rotatable bonds is 9. The van der Waals surface area contributed by atoms with Gasteiger partial charge in [0.25, 0.3) is 0 Å². The number of amides is 2. The SMILES string of the molecule is CCC(C)(C)NC(=O)C(c1cccn1C)N(Cc1cccs1)C(=O)Cn1nnc2ccccc21. The van der Waals surface area contributed by atoms with E-state index in [1.54, 1.807) is 20.9 Å². The molecule has 0 bridgehead atoms. The second-order valence-corrected chi connectivity index (χ2v) is 10.0. The number of aromatic nitrogens is 4. The summed E-state index contributed by atoms with van der Waals surface area (Å²) in [5, 5.41) is 13.5. The minimum absolute atomic E-state index is 0.0166. The molecule has 1 atom stereocenters. The fourth-order valence-corrected chi connectivity index (χ4v) is 4.53. The van der Waals surface area contributed by atoms with E-state index in [1.807, 2.05) is 92.5 Å². The van der Waals surface area contributed by atoms with E-state index in [9.17, 15) is 9.59 Å². The molecule has 1 N–H and O–H groups in total. The average molecular weight is 479 g/mol. The van der Waals surface area contributed by atoms with Crippen molar-refractivity contribution < 1.29 is 9.59 Å². The summed E-state index contributed by atoms with van der Waals surface area (Å²) in [4.78, 5) is 30.2. The van der Waals surface area contributed by atoms with E-state index in [0.29, 0.717) is 6.54 Å². The summed E-state index contributed by atoms with van der Waals surface area (Å²) < 4.78 is 3.48. The number of fused-ring (bicyclic) bond motifs is 1. The highest BCUT2D eigenvalue weighted by Gasteiger charge is 2.35. The van der Waals surface area contributed by atoms with Crippen LogP contribution in [-0.2, 0) is 29.7 Å². The van der Waals surface area contributed by atoms with Crippen LogP contribution in [0.2, 0.25) is 0 Å². The minimum Gasteiger partial charge on any atom is -0.352 e. The zero-order chi connectivity index (χ0) is 24.3. The zero-order valence-corrected chi connectivity index (χ0v) is 20.7. The normalized spacial score (nSPS) is 12.6. The molecule has 9 heteroatoms. The Hall–Kier alpha value is -3.46. The summed E-state index contributed by atoms with van der Waals surface area (Å²) in [5.74, 6) is -0.415. The van der Waals surface area contributed by atoms with Gasteiger partial charge in [-0.15, -0.1) is 16.4 Å². The number of benzene rings is 1. The van der Waals surface area contributed by atoms with Crippen LogP contribution in [0.5, 0.6) is 0 Å². The first kappa shape index (κ1) is 23.7. The van der Waals surface area contributed by atoms with Crippen LogP contribution in [-0.4, -0.2) is 41.8 Å².